The van der Waals surface area contributed by atoms with E-state index in [1.54, 1.807) is 0 Å². The lowest BCUT2D eigenvalue weighted by molar-refractivity contribution is 0.0676. The fraction of sp³-hybridized carbons (Fsp3) is 0.462. The lowest BCUT2D eigenvalue weighted by Crippen LogP contribution is -2.42. The van der Waals surface area contributed by atoms with Gasteiger partial charge in [0.2, 0.25) is 0 Å². The normalized spacial score (nSPS) is 20.2. The van der Waals surface area contributed by atoms with E-state index in [0.29, 0.717) is 13.0 Å². The minimum absolute atomic E-state index is 0.148. The monoisotopic (exact) mass is 297 g/mol. The molecule has 1 aliphatic heterocycles. The van der Waals surface area contributed by atoms with E-state index in [4.69, 9.17) is 4.74 Å². The standard InChI is InChI=1S/C13H16BrNO2/c1-9-2-3-10(14)6-12(9)13(16)7-11-8-17-5-4-15-11/h2-3,6,11,15H,4-5,7-8H2,1H3. The van der Waals surface area contributed by atoms with Crippen molar-refractivity contribution in [3.05, 3.63) is 33.8 Å². The van der Waals surface area contributed by atoms with Crippen molar-refractivity contribution in [3.8, 4) is 0 Å². The third kappa shape index (κ3) is 3.37. The average Bonchev–Trinajstić information content (AvgIpc) is 2.33. The second-order valence-corrected chi connectivity index (χ2v) is 5.23. The lowest BCUT2D eigenvalue weighted by atomic mass is 9.99. The molecule has 1 saturated heterocycles. The SMILES string of the molecule is Cc1ccc(Br)cc1C(=O)CC1COCCN1. The van der Waals surface area contributed by atoms with Crippen LogP contribution in [0.2, 0.25) is 0 Å². The molecule has 0 saturated carbocycles. The van der Waals surface area contributed by atoms with Crippen LogP contribution in [0, 0.1) is 6.92 Å². The largest absolute Gasteiger partial charge is 0.378 e. The molecule has 92 valence electrons. The Morgan fingerprint density at radius 2 is 2.41 bits per heavy atom. The molecule has 0 spiro atoms. The van der Waals surface area contributed by atoms with Crippen LogP contribution in [-0.4, -0.2) is 31.6 Å². The number of benzene rings is 1. The van der Waals surface area contributed by atoms with E-state index >= 15 is 0 Å². The molecule has 3 nitrogen and oxygen atoms in total. The first-order valence-electron chi connectivity index (χ1n) is 5.77. The highest BCUT2D eigenvalue weighted by molar-refractivity contribution is 9.10. The third-order valence-electron chi connectivity index (χ3n) is 2.93. The van der Waals surface area contributed by atoms with Gasteiger partial charge in [-0.2, -0.15) is 0 Å². The number of rotatable bonds is 3. The van der Waals surface area contributed by atoms with Gasteiger partial charge in [0, 0.05) is 29.0 Å². The Kier molecular flexibility index (Phi) is 4.31. The minimum Gasteiger partial charge on any atom is -0.378 e. The Bertz CT molecular complexity index is 414. The smallest absolute Gasteiger partial charge is 0.164 e. The molecule has 1 fully saturated rings. The Morgan fingerprint density at radius 3 is 3.12 bits per heavy atom. The maximum Gasteiger partial charge on any atom is 0.164 e. The van der Waals surface area contributed by atoms with E-state index in [9.17, 15) is 4.79 Å². The van der Waals surface area contributed by atoms with E-state index in [-0.39, 0.29) is 11.8 Å². The molecule has 1 aromatic rings. The molecule has 1 atom stereocenters. The number of hydrogen-bond acceptors (Lipinski definition) is 3. The Labute approximate surface area is 110 Å². The molecule has 1 unspecified atom stereocenters. The summed E-state index contributed by atoms with van der Waals surface area (Å²) in [7, 11) is 0. The van der Waals surface area contributed by atoms with E-state index in [1.165, 1.54) is 0 Å². The second kappa shape index (κ2) is 5.76. The van der Waals surface area contributed by atoms with Gasteiger partial charge in [0.15, 0.2) is 5.78 Å². The van der Waals surface area contributed by atoms with Gasteiger partial charge in [-0.15, -0.1) is 0 Å². The van der Waals surface area contributed by atoms with Crippen molar-refractivity contribution in [2.24, 2.45) is 0 Å². The Balaban J connectivity index is 2.05. The van der Waals surface area contributed by atoms with Gasteiger partial charge in [0.25, 0.3) is 0 Å². The fourth-order valence-corrected chi connectivity index (χ4v) is 2.34. The van der Waals surface area contributed by atoms with E-state index in [1.807, 2.05) is 25.1 Å². The Hall–Kier alpha value is -0.710. The predicted octanol–water partition coefficient (Wildman–Crippen LogP) is 2.32. The summed E-state index contributed by atoms with van der Waals surface area (Å²) in [6.45, 7) is 4.15. The summed E-state index contributed by atoms with van der Waals surface area (Å²) in [5.41, 5.74) is 1.82. The lowest BCUT2D eigenvalue weighted by Gasteiger charge is -2.23. The third-order valence-corrected chi connectivity index (χ3v) is 3.42. The van der Waals surface area contributed by atoms with Crippen LogP contribution in [0.1, 0.15) is 22.3 Å². The van der Waals surface area contributed by atoms with Gasteiger partial charge < -0.3 is 10.1 Å². The molecule has 1 heterocycles. The zero-order valence-electron chi connectivity index (χ0n) is 9.83. The number of aryl methyl sites for hydroxylation is 1. The fourth-order valence-electron chi connectivity index (χ4n) is 1.98. The second-order valence-electron chi connectivity index (χ2n) is 4.31. The number of carbonyl (C=O) groups is 1. The van der Waals surface area contributed by atoms with Gasteiger partial charge in [0.05, 0.1) is 13.2 Å². The van der Waals surface area contributed by atoms with Crippen molar-refractivity contribution < 1.29 is 9.53 Å². The predicted molar refractivity (Wildman–Crippen MR) is 70.4 cm³/mol. The molecule has 0 aromatic heterocycles. The molecule has 0 aliphatic carbocycles. The molecule has 0 amide bonds. The molecular weight excluding hydrogens is 282 g/mol. The highest BCUT2D eigenvalue weighted by Crippen LogP contribution is 2.18. The van der Waals surface area contributed by atoms with Crippen LogP contribution in [0.4, 0.5) is 0 Å². The summed E-state index contributed by atoms with van der Waals surface area (Å²) in [4.78, 5) is 12.2. The first-order valence-corrected chi connectivity index (χ1v) is 6.56. The molecule has 1 N–H and O–H groups in total. The van der Waals surface area contributed by atoms with Gasteiger partial charge in [-0.05, 0) is 24.6 Å². The first-order chi connectivity index (χ1) is 8.16. The van der Waals surface area contributed by atoms with E-state index < -0.39 is 0 Å². The van der Waals surface area contributed by atoms with Crippen molar-refractivity contribution in [2.75, 3.05) is 19.8 Å². The summed E-state index contributed by atoms with van der Waals surface area (Å²) in [6.07, 6.45) is 0.497. The number of carbonyl (C=O) groups excluding carboxylic acids is 1. The van der Waals surface area contributed by atoms with Crippen molar-refractivity contribution in [3.63, 3.8) is 0 Å². The number of nitrogens with one attached hydrogen (secondary N) is 1. The van der Waals surface area contributed by atoms with Crippen LogP contribution in [0.3, 0.4) is 0 Å². The van der Waals surface area contributed by atoms with Crippen molar-refractivity contribution >= 4 is 21.7 Å². The summed E-state index contributed by atoms with van der Waals surface area (Å²) in [6, 6.07) is 5.95. The molecule has 1 aromatic carbocycles. The van der Waals surface area contributed by atoms with Gasteiger partial charge in [0.1, 0.15) is 0 Å². The number of ketones is 1. The number of ether oxygens (including phenoxy) is 1. The van der Waals surface area contributed by atoms with Crippen LogP contribution in [-0.2, 0) is 4.74 Å². The molecule has 2 rings (SSSR count). The number of halogens is 1. The van der Waals surface area contributed by atoms with Crippen LogP contribution in [0.15, 0.2) is 22.7 Å². The number of hydrogen-bond donors (Lipinski definition) is 1. The summed E-state index contributed by atoms with van der Waals surface area (Å²) >= 11 is 3.40. The van der Waals surface area contributed by atoms with Gasteiger partial charge in [-0.25, -0.2) is 0 Å². The van der Waals surface area contributed by atoms with Crippen molar-refractivity contribution in [1.82, 2.24) is 5.32 Å². The highest BCUT2D eigenvalue weighted by atomic mass is 79.9. The quantitative estimate of drug-likeness (QED) is 0.870. The molecule has 4 heteroatoms. The summed E-state index contributed by atoms with van der Waals surface area (Å²) in [5, 5.41) is 3.30. The van der Waals surface area contributed by atoms with Crippen LogP contribution >= 0.6 is 15.9 Å². The van der Waals surface area contributed by atoms with E-state index in [2.05, 4.69) is 21.2 Å². The highest BCUT2D eigenvalue weighted by Gasteiger charge is 2.19. The van der Waals surface area contributed by atoms with Gasteiger partial charge in [-0.3, -0.25) is 4.79 Å². The number of morpholine rings is 1. The molecule has 1 aliphatic rings. The molecule has 0 bridgehead atoms. The minimum atomic E-state index is 0.148. The average molecular weight is 298 g/mol. The van der Waals surface area contributed by atoms with Crippen LogP contribution in [0.5, 0.6) is 0 Å². The van der Waals surface area contributed by atoms with Gasteiger partial charge >= 0.3 is 0 Å². The first kappa shape index (κ1) is 12.7. The maximum atomic E-state index is 12.2. The maximum absolute atomic E-state index is 12.2. The van der Waals surface area contributed by atoms with E-state index in [0.717, 1.165) is 28.8 Å². The zero-order chi connectivity index (χ0) is 12.3. The van der Waals surface area contributed by atoms with Crippen molar-refractivity contribution in [2.45, 2.75) is 19.4 Å². The van der Waals surface area contributed by atoms with Gasteiger partial charge in [-0.1, -0.05) is 22.0 Å². The van der Waals surface area contributed by atoms with Crippen molar-refractivity contribution in [1.29, 1.82) is 0 Å². The summed E-state index contributed by atoms with van der Waals surface area (Å²) < 4.78 is 6.29. The topological polar surface area (TPSA) is 38.3 Å². The molecular formula is C13H16BrNO2. The van der Waals surface area contributed by atoms with Crippen LogP contribution < -0.4 is 5.32 Å². The Morgan fingerprint density at radius 1 is 1.59 bits per heavy atom. The zero-order valence-corrected chi connectivity index (χ0v) is 11.4. The molecule has 17 heavy (non-hydrogen) atoms. The summed E-state index contributed by atoms with van der Waals surface area (Å²) in [5.74, 6) is 0.173. The van der Waals surface area contributed by atoms with Crippen LogP contribution in [0.25, 0.3) is 0 Å². The molecule has 0 radical (unpaired) electrons. The number of Topliss-reactive ketones (excluding diaryl/α,β-unsaturated/α-hetero) is 1.